The second-order valence-electron chi connectivity index (χ2n) is 3.75. The first-order valence-corrected chi connectivity index (χ1v) is 6.28. The number of thiophene rings is 1. The number of carboxylic acids is 1. The molecule has 19 heavy (non-hydrogen) atoms. The minimum atomic E-state index is -1.27. The van der Waals surface area contributed by atoms with Gasteiger partial charge in [-0.25, -0.2) is 4.79 Å². The van der Waals surface area contributed by atoms with Gasteiger partial charge >= 0.3 is 5.97 Å². The summed E-state index contributed by atoms with van der Waals surface area (Å²) >= 11 is 1.50. The van der Waals surface area contributed by atoms with E-state index in [1.165, 1.54) is 35.6 Å². The molecule has 1 aromatic heterocycles. The summed E-state index contributed by atoms with van der Waals surface area (Å²) in [5.41, 5.74) is -0.0571. The number of allylic oxidation sites excluding steroid dienone is 1. The molecule has 0 saturated carbocycles. The number of hydrogen-bond donors (Lipinski definition) is 2. The molecule has 0 aliphatic rings. The molecule has 2 aromatic rings. The lowest BCUT2D eigenvalue weighted by Gasteiger charge is -2.01. The number of carbonyl (C=O) groups is 2. The molecule has 1 aromatic carbocycles. The summed E-state index contributed by atoms with van der Waals surface area (Å²) < 4.78 is 0. The zero-order valence-corrected chi connectivity index (χ0v) is 10.6. The van der Waals surface area contributed by atoms with Crippen molar-refractivity contribution in [1.82, 2.24) is 0 Å². The number of carbonyl (C=O) groups excluding carboxylic acids is 1. The van der Waals surface area contributed by atoms with Gasteiger partial charge in [-0.05, 0) is 41.8 Å². The van der Waals surface area contributed by atoms with Crippen LogP contribution in [0.25, 0.3) is 6.08 Å². The number of benzene rings is 1. The van der Waals surface area contributed by atoms with Gasteiger partial charge in [0.2, 0.25) is 0 Å². The lowest BCUT2D eigenvalue weighted by molar-refractivity contribution is 0.0693. The third kappa shape index (κ3) is 3.08. The Kier molecular flexibility index (Phi) is 3.77. The van der Waals surface area contributed by atoms with Crippen molar-refractivity contribution in [1.29, 1.82) is 0 Å². The number of rotatable bonds is 4. The van der Waals surface area contributed by atoms with Crippen molar-refractivity contribution in [3.05, 3.63) is 57.8 Å². The molecular formula is C14H10O4S. The summed E-state index contributed by atoms with van der Waals surface area (Å²) in [4.78, 5) is 23.7. The molecule has 0 amide bonds. The number of aromatic hydroxyl groups is 1. The highest BCUT2D eigenvalue weighted by molar-refractivity contribution is 7.10. The molecule has 0 saturated heterocycles. The first-order valence-electron chi connectivity index (χ1n) is 5.40. The minimum absolute atomic E-state index is 0.225. The van der Waals surface area contributed by atoms with Crippen LogP contribution in [-0.4, -0.2) is 22.0 Å². The maximum Gasteiger partial charge on any atom is 0.339 e. The Labute approximate surface area is 113 Å². The van der Waals surface area contributed by atoms with Crippen LogP contribution in [0.2, 0.25) is 0 Å². The van der Waals surface area contributed by atoms with Gasteiger partial charge < -0.3 is 10.2 Å². The third-order valence-electron chi connectivity index (χ3n) is 2.45. The van der Waals surface area contributed by atoms with Crippen LogP contribution in [0.15, 0.2) is 41.8 Å². The largest absolute Gasteiger partial charge is 0.507 e. The lowest BCUT2D eigenvalue weighted by atomic mass is 10.1. The van der Waals surface area contributed by atoms with E-state index in [4.69, 9.17) is 5.11 Å². The quantitative estimate of drug-likeness (QED) is 0.663. The zero-order chi connectivity index (χ0) is 13.8. The fourth-order valence-electron chi connectivity index (χ4n) is 1.50. The van der Waals surface area contributed by atoms with Gasteiger partial charge in [-0.1, -0.05) is 6.07 Å². The van der Waals surface area contributed by atoms with Crippen LogP contribution in [0, 0.1) is 0 Å². The molecule has 0 aliphatic heterocycles. The molecule has 2 rings (SSSR count). The van der Waals surface area contributed by atoms with Gasteiger partial charge in [0.05, 0.1) is 0 Å². The molecule has 1 heterocycles. The van der Waals surface area contributed by atoms with E-state index in [0.717, 1.165) is 4.88 Å². The molecule has 0 spiro atoms. The summed E-state index contributed by atoms with van der Waals surface area (Å²) in [5, 5.41) is 20.1. The normalized spacial score (nSPS) is 10.7. The smallest absolute Gasteiger partial charge is 0.339 e. The van der Waals surface area contributed by atoms with E-state index in [1.54, 1.807) is 6.08 Å². The van der Waals surface area contributed by atoms with Crippen molar-refractivity contribution in [2.24, 2.45) is 0 Å². The van der Waals surface area contributed by atoms with E-state index in [2.05, 4.69) is 0 Å². The summed E-state index contributed by atoms with van der Waals surface area (Å²) in [6, 6.07) is 7.50. The molecule has 0 radical (unpaired) electrons. The molecule has 4 nitrogen and oxygen atoms in total. The lowest BCUT2D eigenvalue weighted by Crippen LogP contribution is -2.01. The van der Waals surface area contributed by atoms with Crippen molar-refractivity contribution in [3.63, 3.8) is 0 Å². The van der Waals surface area contributed by atoms with Gasteiger partial charge in [0.25, 0.3) is 0 Å². The van der Waals surface area contributed by atoms with Gasteiger partial charge in [0.1, 0.15) is 11.3 Å². The van der Waals surface area contributed by atoms with Crippen LogP contribution in [0.5, 0.6) is 5.75 Å². The van der Waals surface area contributed by atoms with Crippen LogP contribution < -0.4 is 0 Å². The van der Waals surface area contributed by atoms with Crippen molar-refractivity contribution in [2.45, 2.75) is 0 Å². The molecule has 5 heteroatoms. The highest BCUT2D eigenvalue weighted by Gasteiger charge is 2.12. The van der Waals surface area contributed by atoms with E-state index in [1.807, 2.05) is 17.5 Å². The third-order valence-corrected chi connectivity index (χ3v) is 3.29. The van der Waals surface area contributed by atoms with E-state index in [9.17, 15) is 14.7 Å². The number of aromatic carboxylic acids is 1. The molecule has 96 valence electrons. The Morgan fingerprint density at radius 3 is 2.63 bits per heavy atom. The molecule has 0 fully saturated rings. The molecule has 0 bridgehead atoms. The van der Waals surface area contributed by atoms with Crippen LogP contribution in [0.3, 0.4) is 0 Å². The summed E-state index contributed by atoms with van der Waals surface area (Å²) in [6.07, 6.45) is 3.05. The second-order valence-corrected chi connectivity index (χ2v) is 4.73. The molecule has 0 atom stereocenters. The van der Waals surface area contributed by atoms with Crippen LogP contribution in [0.1, 0.15) is 25.6 Å². The first-order chi connectivity index (χ1) is 9.08. The maximum atomic E-state index is 11.9. The highest BCUT2D eigenvalue weighted by atomic mass is 32.1. The standard InChI is InChI=1S/C14H10O4S/c15-12(6-4-10-2-1-7-19-10)9-3-5-13(16)11(8-9)14(17)18/h1-8,16H,(H,17,18)/b6-4+. The summed E-state index contributed by atoms with van der Waals surface area (Å²) in [5.74, 6) is -1.93. The minimum Gasteiger partial charge on any atom is -0.507 e. The number of ketones is 1. The topological polar surface area (TPSA) is 74.6 Å². The number of carboxylic acid groups (broad SMARTS) is 1. The van der Waals surface area contributed by atoms with E-state index >= 15 is 0 Å². The summed E-state index contributed by atoms with van der Waals surface area (Å²) in [6.45, 7) is 0. The highest BCUT2D eigenvalue weighted by Crippen LogP contribution is 2.19. The fourth-order valence-corrected chi connectivity index (χ4v) is 2.12. The van der Waals surface area contributed by atoms with E-state index in [-0.39, 0.29) is 22.7 Å². The zero-order valence-electron chi connectivity index (χ0n) is 9.74. The van der Waals surface area contributed by atoms with Gasteiger partial charge in [-0.15, -0.1) is 11.3 Å². The maximum absolute atomic E-state index is 11.9. The fraction of sp³-hybridized carbons (Fsp3) is 0. The van der Waals surface area contributed by atoms with Gasteiger partial charge in [-0.3, -0.25) is 4.79 Å². The van der Waals surface area contributed by atoms with E-state index in [0.29, 0.717) is 0 Å². The summed E-state index contributed by atoms with van der Waals surface area (Å²) in [7, 11) is 0. The number of phenols is 1. The number of hydrogen-bond acceptors (Lipinski definition) is 4. The van der Waals surface area contributed by atoms with Crippen LogP contribution in [-0.2, 0) is 0 Å². The van der Waals surface area contributed by atoms with Gasteiger partial charge in [0.15, 0.2) is 5.78 Å². The Morgan fingerprint density at radius 1 is 1.21 bits per heavy atom. The first kappa shape index (κ1) is 13.0. The van der Waals surface area contributed by atoms with Crippen molar-refractivity contribution < 1.29 is 19.8 Å². The Morgan fingerprint density at radius 2 is 2.00 bits per heavy atom. The average Bonchev–Trinajstić information content (AvgIpc) is 2.89. The average molecular weight is 274 g/mol. The van der Waals surface area contributed by atoms with Gasteiger partial charge in [0, 0.05) is 10.4 Å². The molecule has 0 aliphatic carbocycles. The van der Waals surface area contributed by atoms with Crippen molar-refractivity contribution in [3.8, 4) is 5.75 Å². The Hall–Kier alpha value is -2.40. The SMILES string of the molecule is O=C(/C=C/c1cccs1)c1ccc(O)c(C(=O)O)c1. The molecular weight excluding hydrogens is 264 g/mol. The van der Waals surface area contributed by atoms with Crippen molar-refractivity contribution >= 4 is 29.2 Å². The Balaban J connectivity index is 2.24. The predicted molar refractivity (Wildman–Crippen MR) is 72.7 cm³/mol. The molecule has 2 N–H and O–H groups in total. The van der Waals surface area contributed by atoms with Crippen LogP contribution in [0.4, 0.5) is 0 Å². The monoisotopic (exact) mass is 274 g/mol. The molecule has 0 unspecified atom stereocenters. The second kappa shape index (κ2) is 5.49. The van der Waals surface area contributed by atoms with E-state index < -0.39 is 5.97 Å². The van der Waals surface area contributed by atoms with Gasteiger partial charge in [-0.2, -0.15) is 0 Å². The van der Waals surface area contributed by atoms with Crippen molar-refractivity contribution in [2.75, 3.05) is 0 Å². The van der Waals surface area contributed by atoms with Crippen LogP contribution >= 0.6 is 11.3 Å². The predicted octanol–water partition coefficient (Wildman–Crippen LogP) is 3.05. The Bertz CT molecular complexity index is 641.